The van der Waals surface area contributed by atoms with Gasteiger partial charge in [0.25, 0.3) is 0 Å². The fourth-order valence-corrected chi connectivity index (χ4v) is 5.57. The van der Waals surface area contributed by atoms with E-state index in [2.05, 4.69) is 22.3 Å². The average Bonchev–Trinajstić information content (AvgIpc) is 2.71. The number of hydrogen-bond acceptors (Lipinski definition) is 4. The molecular formula is C22H30ClN3O3. The molecule has 3 heterocycles. The van der Waals surface area contributed by atoms with E-state index in [0.29, 0.717) is 25.5 Å². The minimum Gasteiger partial charge on any atom is -0.383 e. The van der Waals surface area contributed by atoms with Crippen LogP contribution in [0.15, 0.2) is 24.3 Å². The van der Waals surface area contributed by atoms with E-state index >= 15 is 0 Å². The van der Waals surface area contributed by atoms with Crippen LogP contribution >= 0.6 is 11.6 Å². The maximum atomic E-state index is 13.1. The Kier molecular flexibility index (Phi) is 6.42. The van der Waals surface area contributed by atoms with Crippen LogP contribution in [0.1, 0.15) is 31.2 Å². The Labute approximate surface area is 177 Å². The first kappa shape index (κ1) is 20.6. The molecule has 0 radical (unpaired) electrons. The molecule has 1 N–H and O–H groups in total. The van der Waals surface area contributed by atoms with Crippen molar-refractivity contribution in [3.8, 4) is 0 Å². The molecule has 29 heavy (non-hydrogen) atoms. The molecule has 6 nitrogen and oxygen atoms in total. The number of ether oxygens (including phenoxy) is 1. The van der Waals surface area contributed by atoms with E-state index in [9.17, 15) is 9.59 Å². The summed E-state index contributed by atoms with van der Waals surface area (Å²) in [5.41, 5.74) is 1.23. The van der Waals surface area contributed by atoms with Crippen LogP contribution < -0.4 is 5.32 Å². The highest BCUT2D eigenvalue weighted by Crippen LogP contribution is 2.42. The first-order chi connectivity index (χ1) is 14.1. The summed E-state index contributed by atoms with van der Waals surface area (Å²) in [7, 11) is 1.62. The first-order valence-electron chi connectivity index (χ1n) is 10.6. The number of carbonyl (C=O) groups excluding carboxylic acids is 2. The molecule has 0 saturated carbocycles. The van der Waals surface area contributed by atoms with E-state index < -0.39 is 0 Å². The van der Waals surface area contributed by atoms with Gasteiger partial charge < -0.3 is 15.0 Å². The molecule has 2 bridgehead atoms. The second-order valence-corrected chi connectivity index (χ2v) is 9.00. The predicted molar refractivity (Wildman–Crippen MR) is 111 cm³/mol. The topological polar surface area (TPSA) is 61.9 Å². The molecule has 3 aliphatic rings. The summed E-state index contributed by atoms with van der Waals surface area (Å²) < 4.78 is 5.07. The van der Waals surface area contributed by atoms with Gasteiger partial charge in [0.1, 0.15) is 6.04 Å². The van der Waals surface area contributed by atoms with Crippen molar-refractivity contribution in [2.24, 2.45) is 11.8 Å². The molecule has 1 aromatic rings. The van der Waals surface area contributed by atoms with E-state index in [1.165, 1.54) is 5.56 Å². The Balaban J connectivity index is 1.53. The molecule has 0 aliphatic carbocycles. The van der Waals surface area contributed by atoms with Gasteiger partial charge in [-0.1, -0.05) is 23.7 Å². The number of fused-ring (bicyclic) bond motifs is 4. The van der Waals surface area contributed by atoms with Gasteiger partial charge in [0.2, 0.25) is 11.8 Å². The van der Waals surface area contributed by atoms with Crippen molar-refractivity contribution >= 4 is 23.4 Å². The van der Waals surface area contributed by atoms with Gasteiger partial charge >= 0.3 is 0 Å². The maximum absolute atomic E-state index is 13.1. The van der Waals surface area contributed by atoms with Crippen molar-refractivity contribution in [2.75, 3.05) is 33.4 Å². The minimum absolute atomic E-state index is 0.0286. The maximum Gasteiger partial charge on any atom is 0.243 e. The quantitative estimate of drug-likeness (QED) is 0.719. The van der Waals surface area contributed by atoms with Crippen molar-refractivity contribution < 1.29 is 14.3 Å². The van der Waals surface area contributed by atoms with Gasteiger partial charge in [-0.2, -0.15) is 0 Å². The number of hydrogen-bond donors (Lipinski definition) is 1. The first-order valence-corrected chi connectivity index (χ1v) is 11.0. The number of nitrogens with zero attached hydrogens (tertiary/aromatic N) is 2. The lowest BCUT2D eigenvalue weighted by atomic mass is 9.71. The second-order valence-electron chi connectivity index (χ2n) is 8.57. The number of benzene rings is 1. The third-order valence-corrected chi connectivity index (χ3v) is 6.86. The number of amides is 2. The number of piperidine rings is 3. The number of nitrogens with one attached hydrogen (secondary N) is 1. The van der Waals surface area contributed by atoms with Crippen LogP contribution in [0.3, 0.4) is 0 Å². The fraction of sp³-hybridized carbons (Fsp3) is 0.636. The summed E-state index contributed by atoms with van der Waals surface area (Å²) in [5.74, 6) is 0.725. The van der Waals surface area contributed by atoms with E-state index in [-0.39, 0.29) is 29.8 Å². The van der Waals surface area contributed by atoms with Gasteiger partial charge in [0.15, 0.2) is 0 Å². The fourth-order valence-electron chi connectivity index (χ4n) is 5.45. The SMILES string of the molecule is COCCNC(=O)[C@H]1[C@H]2C[C@H](CN(Cc3ccc(Cl)cc3)C2)[C@@H]2CCCC(=O)N21. The van der Waals surface area contributed by atoms with Crippen LogP contribution in [0.25, 0.3) is 0 Å². The van der Waals surface area contributed by atoms with Crippen molar-refractivity contribution in [3.63, 3.8) is 0 Å². The molecule has 1 aromatic carbocycles. The molecule has 3 fully saturated rings. The lowest BCUT2D eigenvalue weighted by molar-refractivity contribution is -0.160. The summed E-state index contributed by atoms with van der Waals surface area (Å²) in [6, 6.07) is 7.80. The highest BCUT2D eigenvalue weighted by Gasteiger charge is 2.51. The molecule has 3 saturated heterocycles. The number of carbonyl (C=O) groups is 2. The van der Waals surface area contributed by atoms with E-state index in [4.69, 9.17) is 16.3 Å². The van der Waals surface area contributed by atoms with Crippen LogP contribution in [0, 0.1) is 11.8 Å². The zero-order chi connectivity index (χ0) is 20.4. The van der Waals surface area contributed by atoms with Gasteiger partial charge in [-0.3, -0.25) is 14.5 Å². The standard InChI is InChI=1S/C22H30ClN3O3/c1-29-10-9-24-22(28)21-17-11-16(19-3-2-4-20(27)26(19)21)13-25(14-17)12-15-5-7-18(23)8-6-15/h5-8,16-17,19,21H,2-4,9-14H2,1H3,(H,24,28)/t16-,17+,19+,21-/m1/s1. The molecule has 4 rings (SSSR count). The van der Waals surface area contributed by atoms with Gasteiger partial charge in [0, 0.05) is 56.7 Å². The van der Waals surface area contributed by atoms with Crippen molar-refractivity contribution in [1.82, 2.24) is 15.1 Å². The van der Waals surface area contributed by atoms with Crippen LogP contribution in [-0.4, -0.2) is 67.0 Å². The van der Waals surface area contributed by atoms with E-state index in [1.54, 1.807) is 7.11 Å². The summed E-state index contributed by atoms with van der Waals surface area (Å²) >= 11 is 6.02. The molecule has 0 spiro atoms. The summed E-state index contributed by atoms with van der Waals surface area (Å²) in [4.78, 5) is 30.3. The van der Waals surface area contributed by atoms with Crippen LogP contribution in [-0.2, 0) is 20.9 Å². The molecule has 0 aromatic heterocycles. The third-order valence-electron chi connectivity index (χ3n) is 6.61. The Morgan fingerprint density at radius 2 is 2.00 bits per heavy atom. The Bertz CT molecular complexity index is 741. The molecule has 2 amide bonds. The molecular weight excluding hydrogens is 390 g/mol. The Morgan fingerprint density at radius 3 is 2.76 bits per heavy atom. The lowest BCUT2D eigenvalue weighted by Gasteiger charge is -2.56. The summed E-state index contributed by atoms with van der Waals surface area (Å²) in [6.45, 7) is 3.61. The Hall–Kier alpha value is -1.63. The highest BCUT2D eigenvalue weighted by atomic mass is 35.5. The summed E-state index contributed by atoms with van der Waals surface area (Å²) in [5, 5.41) is 3.73. The lowest BCUT2D eigenvalue weighted by Crippen LogP contribution is -2.68. The predicted octanol–water partition coefficient (Wildman–Crippen LogP) is 2.30. The largest absolute Gasteiger partial charge is 0.383 e. The van der Waals surface area contributed by atoms with Crippen molar-refractivity contribution in [2.45, 2.75) is 44.3 Å². The monoisotopic (exact) mass is 419 g/mol. The van der Waals surface area contributed by atoms with E-state index in [1.807, 2.05) is 17.0 Å². The average molecular weight is 420 g/mol. The van der Waals surface area contributed by atoms with Gasteiger partial charge in [-0.15, -0.1) is 0 Å². The van der Waals surface area contributed by atoms with Crippen LogP contribution in [0.5, 0.6) is 0 Å². The molecule has 7 heteroatoms. The normalized spacial score (nSPS) is 29.4. The van der Waals surface area contributed by atoms with Crippen molar-refractivity contribution in [1.29, 1.82) is 0 Å². The number of halogens is 1. The number of rotatable bonds is 6. The molecule has 3 aliphatic heterocycles. The molecule has 4 atom stereocenters. The molecule has 0 unspecified atom stereocenters. The third kappa shape index (κ3) is 4.44. The zero-order valence-corrected chi connectivity index (χ0v) is 17.7. The van der Waals surface area contributed by atoms with Gasteiger partial charge in [0.05, 0.1) is 6.61 Å². The van der Waals surface area contributed by atoms with E-state index in [0.717, 1.165) is 43.9 Å². The second kappa shape index (κ2) is 9.02. The molecule has 158 valence electrons. The van der Waals surface area contributed by atoms with Crippen LogP contribution in [0.4, 0.5) is 0 Å². The number of likely N-dealkylation sites (tertiary alicyclic amines) is 1. The zero-order valence-electron chi connectivity index (χ0n) is 17.0. The van der Waals surface area contributed by atoms with Crippen molar-refractivity contribution in [3.05, 3.63) is 34.9 Å². The number of methoxy groups -OCH3 is 1. The van der Waals surface area contributed by atoms with Gasteiger partial charge in [-0.05, 0) is 42.9 Å². The Morgan fingerprint density at radius 1 is 1.24 bits per heavy atom. The minimum atomic E-state index is -0.367. The summed E-state index contributed by atoms with van der Waals surface area (Å²) in [6.07, 6.45) is 3.51. The highest BCUT2D eigenvalue weighted by molar-refractivity contribution is 6.30. The van der Waals surface area contributed by atoms with Gasteiger partial charge in [-0.25, -0.2) is 0 Å². The van der Waals surface area contributed by atoms with Crippen LogP contribution in [0.2, 0.25) is 5.02 Å². The smallest absolute Gasteiger partial charge is 0.243 e.